The van der Waals surface area contributed by atoms with Crippen molar-refractivity contribution in [3.63, 3.8) is 0 Å². The number of amides is 2. The van der Waals surface area contributed by atoms with Gasteiger partial charge >= 0.3 is 5.97 Å². The number of nitrogens with one attached hydrogen (secondary N) is 2. The molecule has 0 aliphatic carbocycles. The molecule has 158 valence electrons. The first-order chi connectivity index (χ1) is 13.9. The van der Waals surface area contributed by atoms with Crippen LogP contribution in [0.15, 0.2) is 22.7 Å². The Balaban J connectivity index is 2.14. The Morgan fingerprint density at radius 1 is 1.41 bits per heavy atom. The van der Waals surface area contributed by atoms with Crippen LogP contribution < -0.4 is 15.4 Å². The molecule has 1 aromatic rings. The van der Waals surface area contributed by atoms with Crippen LogP contribution in [-0.4, -0.2) is 60.6 Å². The van der Waals surface area contributed by atoms with Crippen molar-refractivity contribution in [1.82, 2.24) is 15.5 Å². The zero-order valence-electron chi connectivity index (χ0n) is 16.3. The number of benzene rings is 1. The van der Waals surface area contributed by atoms with E-state index in [2.05, 4.69) is 38.2 Å². The number of piperazine rings is 1. The molecule has 0 aromatic heterocycles. The molecule has 10 heteroatoms. The number of methoxy groups -OCH3 is 1. The molecule has 2 N–H and O–H groups in total. The van der Waals surface area contributed by atoms with Gasteiger partial charge in [0.15, 0.2) is 5.11 Å². The Kier molecular flexibility index (Phi) is 8.84. The zero-order valence-corrected chi connectivity index (χ0v) is 18.7. The monoisotopic (exact) mass is 485 g/mol. The van der Waals surface area contributed by atoms with Gasteiger partial charge in [-0.15, -0.1) is 0 Å². The molecule has 8 nitrogen and oxygen atoms in total. The fraction of sp³-hybridized carbons (Fsp3) is 0.474. The first-order valence-corrected chi connectivity index (χ1v) is 10.5. The van der Waals surface area contributed by atoms with Crippen LogP contribution in [0.4, 0.5) is 0 Å². The van der Waals surface area contributed by atoms with Gasteiger partial charge in [0, 0.05) is 17.6 Å². The molecule has 0 bridgehead atoms. The molecule has 1 saturated heterocycles. The summed E-state index contributed by atoms with van der Waals surface area (Å²) in [5.74, 6) is -0.885. The summed E-state index contributed by atoms with van der Waals surface area (Å²) in [5, 5.41) is 5.41. The Morgan fingerprint density at radius 3 is 2.86 bits per heavy atom. The molecule has 1 aliphatic rings. The molecule has 0 saturated carbocycles. The molecule has 1 aromatic carbocycles. The molecule has 0 spiro atoms. The highest BCUT2D eigenvalue weighted by Gasteiger charge is 2.34. The molecule has 2 rings (SSSR count). The molecule has 2 amide bonds. The second-order valence-electron chi connectivity index (χ2n) is 6.38. The zero-order chi connectivity index (χ0) is 21.4. The average Bonchev–Trinajstić information content (AvgIpc) is 2.70. The van der Waals surface area contributed by atoms with Gasteiger partial charge in [0.05, 0.1) is 25.7 Å². The summed E-state index contributed by atoms with van der Waals surface area (Å²) in [5.41, 5.74) is 0.323. The molecule has 29 heavy (non-hydrogen) atoms. The molecule has 1 unspecified atom stereocenters. The summed E-state index contributed by atoms with van der Waals surface area (Å²) in [6.45, 7) is 3.27. The van der Waals surface area contributed by atoms with E-state index in [4.69, 9.17) is 17.0 Å². The molecular weight excluding hydrogens is 462 g/mol. The Hall–Kier alpha value is -2.20. The fourth-order valence-corrected chi connectivity index (χ4v) is 3.44. The van der Waals surface area contributed by atoms with Gasteiger partial charge in [0.25, 0.3) is 5.91 Å². The summed E-state index contributed by atoms with van der Waals surface area (Å²) in [4.78, 5) is 38.2. The molecule has 1 fully saturated rings. The van der Waals surface area contributed by atoms with E-state index in [0.29, 0.717) is 31.0 Å². The van der Waals surface area contributed by atoms with Gasteiger partial charge in [-0.3, -0.25) is 19.7 Å². The van der Waals surface area contributed by atoms with Gasteiger partial charge in [-0.1, -0.05) is 29.3 Å². The topological polar surface area (TPSA) is 97.0 Å². The highest BCUT2D eigenvalue weighted by molar-refractivity contribution is 9.10. The predicted molar refractivity (Wildman–Crippen MR) is 115 cm³/mol. The van der Waals surface area contributed by atoms with Gasteiger partial charge in [0.2, 0.25) is 5.91 Å². The largest absolute Gasteiger partial charge is 0.493 e. The highest BCUT2D eigenvalue weighted by Crippen LogP contribution is 2.24. The third-order valence-electron chi connectivity index (χ3n) is 4.34. The molecule has 1 heterocycles. The first kappa shape index (κ1) is 23.1. The van der Waals surface area contributed by atoms with Crippen LogP contribution in [0.5, 0.6) is 5.75 Å². The lowest BCUT2D eigenvalue weighted by molar-refractivity contribution is -0.144. The van der Waals surface area contributed by atoms with E-state index in [0.717, 1.165) is 17.3 Å². The van der Waals surface area contributed by atoms with Crippen molar-refractivity contribution in [2.45, 2.75) is 32.2 Å². The molecule has 1 atom stereocenters. The lowest BCUT2D eigenvalue weighted by atomic mass is 10.1. The number of halogens is 1. The van der Waals surface area contributed by atoms with Crippen molar-refractivity contribution in [2.24, 2.45) is 0 Å². The van der Waals surface area contributed by atoms with E-state index in [1.165, 1.54) is 12.0 Å². The Bertz CT molecular complexity index is 789. The number of thiocarbonyl (C=S) groups is 1. The van der Waals surface area contributed by atoms with Gasteiger partial charge in [0.1, 0.15) is 11.8 Å². The van der Waals surface area contributed by atoms with Crippen molar-refractivity contribution in [3.8, 4) is 5.75 Å². The van der Waals surface area contributed by atoms with Gasteiger partial charge in [-0.05, 0) is 36.8 Å². The maximum absolute atomic E-state index is 12.9. The number of nitrogens with zero attached hydrogens (tertiary/aromatic N) is 1. The average molecular weight is 486 g/mol. The first-order valence-electron chi connectivity index (χ1n) is 9.26. The standard InChI is InChI=1S/C19H24BrN3O5S/c1-3-4-9-28-15-6-5-12(20)10-13(15)17(25)22-19(29)23-8-7-21-18(26)14(23)11-16(24)27-2/h5-6,10,14H,3-4,7-9,11H2,1-2H3,(H,21,26)(H,22,25,29). The number of carbonyl (C=O) groups excluding carboxylic acids is 3. The van der Waals surface area contributed by atoms with Crippen LogP contribution in [0, 0.1) is 0 Å². The highest BCUT2D eigenvalue weighted by atomic mass is 79.9. The normalized spacial score (nSPS) is 16.0. The second-order valence-corrected chi connectivity index (χ2v) is 7.68. The quantitative estimate of drug-likeness (QED) is 0.346. The van der Waals surface area contributed by atoms with Crippen LogP contribution in [0.1, 0.15) is 36.5 Å². The number of carbonyl (C=O) groups is 3. The summed E-state index contributed by atoms with van der Waals surface area (Å²) in [6, 6.07) is 4.31. The van der Waals surface area contributed by atoms with E-state index < -0.39 is 17.9 Å². The maximum atomic E-state index is 12.9. The Labute approximate surface area is 183 Å². The van der Waals surface area contributed by atoms with E-state index in [-0.39, 0.29) is 17.4 Å². The van der Waals surface area contributed by atoms with Gasteiger partial charge in [-0.2, -0.15) is 0 Å². The molecular formula is C19H24BrN3O5S. The minimum absolute atomic E-state index is 0.0678. The van der Waals surface area contributed by atoms with E-state index in [1.54, 1.807) is 18.2 Å². The summed E-state index contributed by atoms with van der Waals surface area (Å²) in [7, 11) is 1.25. The number of ether oxygens (including phenoxy) is 2. The van der Waals surface area contributed by atoms with E-state index in [9.17, 15) is 14.4 Å². The van der Waals surface area contributed by atoms with Crippen molar-refractivity contribution in [3.05, 3.63) is 28.2 Å². The number of hydrogen-bond acceptors (Lipinski definition) is 6. The van der Waals surface area contributed by atoms with Crippen LogP contribution >= 0.6 is 28.1 Å². The smallest absolute Gasteiger partial charge is 0.308 e. The van der Waals surface area contributed by atoms with Crippen molar-refractivity contribution >= 4 is 51.0 Å². The van der Waals surface area contributed by atoms with E-state index in [1.807, 2.05) is 0 Å². The van der Waals surface area contributed by atoms with Crippen LogP contribution in [0.2, 0.25) is 0 Å². The van der Waals surface area contributed by atoms with Crippen molar-refractivity contribution < 1.29 is 23.9 Å². The predicted octanol–water partition coefficient (Wildman–Crippen LogP) is 2.01. The third-order valence-corrected chi connectivity index (χ3v) is 5.17. The second kappa shape index (κ2) is 11.1. The molecule has 1 aliphatic heterocycles. The molecule has 0 radical (unpaired) electrons. The minimum atomic E-state index is -0.841. The van der Waals surface area contributed by atoms with Gasteiger partial charge < -0.3 is 19.7 Å². The van der Waals surface area contributed by atoms with Crippen molar-refractivity contribution in [2.75, 3.05) is 26.8 Å². The lowest BCUT2D eigenvalue weighted by Gasteiger charge is -2.36. The SMILES string of the molecule is CCCCOc1ccc(Br)cc1C(=O)NC(=S)N1CCNC(=O)C1CC(=O)OC. The number of esters is 1. The Morgan fingerprint density at radius 2 is 2.17 bits per heavy atom. The van der Waals surface area contributed by atoms with Crippen molar-refractivity contribution in [1.29, 1.82) is 0 Å². The maximum Gasteiger partial charge on any atom is 0.308 e. The third kappa shape index (κ3) is 6.40. The summed E-state index contributed by atoms with van der Waals surface area (Å²) in [6.07, 6.45) is 1.68. The van der Waals surface area contributed by atoms with E-state index >= 15 is 0 Å². The summed E-state index contributed by atoms with van der Waals surface area (Å²) < 4.78 is 11.1. The van der Waals surface area contributed by atoms with Gasteiger partial charge in [-0.25, -0.2) is 0 Å². The van der Waals surface area contributed by atoms with Crippen LogP contribution in [0.3, 0.4) is 0 Å². The van der Waals surface area contributed by atoms with Crippen LogP contribution in [-0.2, 0) is 14.3 Å². The lowest BCUT2D eigenvalue weighted by Crippen LogP contribution is -2.60. The number of rotatable bonds is 7. The fourth-order valence-electron chi connectivity index (χ4n) is 2.77. The number of unbranched alkanes of at least 4 members (excludes halogenated alkanes) is 1. The minimum Gasteiger partial charge on any atom is -0.493 e. The van der Waals surface area contributed by atoms with Crippen LogP contribution in [0.25, 0.3) is 0 Å². The number of hydrogen-bond donors (Lipinski definition) is 2. The summed E-state index contributed by atoms with van der Waals surface area (Å²) >= 11 is 8.72.